The van der Waals surface area contributed by atoms with Crippen molar-refractivity contribution >= 4 is 5.91 Å². The van der Waals surface area contributed by atoms with Gasteiger partial charge in [-0.05, 0) is 18.6 Å². The number of hydrogen-bond acceptors (Lipinski definition) is 4. The molecule has 0 saturated carbocycles. The first-order valence-electron chi connectivity index (χ1n) is 4.78. The van der Waals surface area contributed by atoms with Crippen LogP contribution in [0.1, 0.15) is 43.7 Å². The molecule has 0 fully saturated rings. The summed E-state index contributed by atoms with van der Waals surface area (Å²) in [6.45, 7) is 4.08. The zero-order valence-electron chi connectivity index (χ0n) is 8.45. The number of nitrogens with one attached hydrogen (secondary N) is 2. The molecule has 2 N–H and O–H groups in total. The number of H-pyrrole nitrogens is 1. The molecule has 0 saturated heterocycles. The van der Waals surface area contributed by atoms with Crippen LogP contribution in [0.3, 0.4) is 0 Å². The van der Waals surface area contributed by atoms with E-state index in [2.05, 4.69) is 32.9 Å². The Kier molecular flexibility index (Phi) is 4.03. The summed E-state index contributed by atoms with van der Waals surface area (Å²) in [4.78, 5) is 11.4. The summed E-state index contributed by atoms with van der Waals surface area (Å²) in [5.74, 6) is -0.185. The van der Waals surface area contributed by atoms with Crippen molar-refractivity contribution in [3.8, 4) is 0 Å². The van der Waals surface area contributed by atoms with E-state index in [1.807, 2.05) is 6.92 Å². The van der Waals surface area contributed by atoms with Crippen LogP contribution in [0.15, 0.2) is 0 Å². The molecular weight excluding hydrogens is 182 g/mol. The lowest BCUT2D eigenvalue weighted by Gasteiger charge is -2.10. The molecule has 1 heterocycles. The van der Waals surface area contributed by atoms with Crippen molar-refractivity contribution in [2.45, 2.75) is 39.2 Å². The number of aromatic amines is 1. The minimum Gasteiger partial charge on any atom is -0.347 e. The molecule has 0 aliphatic heterocycles. The van der Waals surface area contributed by atoms with Gasteiger partial charge in [0, 0.05) is 6.04 Å². The highest BCUT2D eigenvalue weighted by Crippen LogP contribution is 1.99. The quantitative estimate of drug-likeness (QED) is 0.720. The Labute approximate surface area is 82.5 Å². The summed E-state index contributed by atoms with van der Waals surface area (Å²) < 4.78 is 0. The van der Waals surface area contributed by atoms with Crippen LogP contribution >= 0.6 is 0 Å². The average Bonchev–Trinajstić information content (AvgIpc) is 2.67. The maximum atomic E-state index is 11.4. The molecule has 78 valence electrons. The Bertz CT molecular complexity index is 271. The first kappa shape index (κ1) is 10.6. The summed E-state index contributed by atoms with van der Waals surface area (Å²) in [6, 6.07) is 0.154. The van der Waals surface area contributed by atoms with Crippen LogP contribution in [0.2, 0.25) is 0 Å². The molecule has 14 heavy (non-hydrogen) atoms. The molecule has 1 amide bonds. The fraction of sp³-hybridized carbons (Fsp3) is 0.750. The van der Waals surface area contributed by atoms with Crippen molar-refractivity contribution < 1.29 is 4.79 Å². The Morgan fingerprint density at radius 1 is 1.64 bits per heavy atom. The van der Waals surface area contributed by atoms with Gasteiger partial charge in [-0.2, -0.15) is 5.21 Å². The van der Waals surface area contributed by atoms with Gasteiger partial charge in [-0.25, -0.2) is 0 Å². The predicted octanol–water partition coefficient (Wildman–Crippen LogP) is 0.508. The third kappa shape index (κ3) is 3.12. The Balaban J connectivity index is 2.34. The maximum absolute atomic E-state index is 11.4. The minimum atomic E-state index is -0.276. The Morgan fingerprint density at radius 3 is 3.00 bits per heavy atom. The van der Waals surface area contributed by atoms with Crippen molar-refractivity contribution in [1.82, 2.24) is 25.9 Å². The van der Waals surface area contributed by atoms with Gasteiger partial charge in [0.1, 0.15) is 0 Å². The summed E-state index contributed by atoms with van der Waals surface area (Å²) in [5, 5.41) is 15.5. The largest absolute Gasteiger partial charge is 0.347 e. The maximum Gasteiger partial charge on any atom is 0.293 e. The van der Waals surface area contributed by atoms with Gasteiger partial charge in [0.15, 0.2) is 0 Å². The standard InChI is InChI=1S/C8H15N5O/c1-3-4-5-6(2)9-8(14)7-10-12-13-11-7/h6H,3-5H2,1-2H3,(H,9,14)(H,10,11,12,13). The molecule has 0 radical (unpaired) electrons. The number of unbranched alkanes of at least 4 members (excludes halogenated alkanes) is 1. The van der Waals surface area contributed by atoms with Crippen molar-refractivity contribution in [2.24, 2.45) is 0 Å². The highest BCUT2D eigenvalue weighted by atomic mass is 16.2. The van der Waals surface area contributed by atoms with E-state index in [-0.39, 0.29) is 17.8 Å². The van der Waals surface area contributed by atoms with E-state index in [9.17, 15) is 4.79 Å². The summed E-state index contributed by atoms with van der Waals surface area (Å²) in [5.41, 5.74) is 0. The normalized spacial score (nSPS) is 12.4. The van der Waals surface area contributed by atoms with Gasteiger partial charge in [0.05, 0.1) is 0 Å². The van der Waals surface area contributed by atoms with E-state index >= 15 is 0 Å². The Morgan fingerprint density at radius 2 is 2.43 bits per heavy atom. The topological polar surface area (TPSA) is 83.6 Å². The highest BCUT2D eigenvalue weighted by Gasteiger charge is 2.12. The first-order valence-corrected chi connectivity index (χ1v) is 4.78. The van der Waals surface area contributed by atoms with Crippen LogP contribution < -0.4 is 5.32 Å². The monoisotopic (exact) mass is 197 g/mol. The van der Waals surface area contributed by atoms with E-state index in [4.69, 9.17) is 0 Å². The number of carbonyl (C=O) groups excluding carboxylic acids is 1. The molecule has 1 aromatic heterocycles. The molecule has 1 unspecified atom stereocenters. The van der Waals surface area contributed by atoms with Gasteiger partial charge >= 0.3 is 0 Å². The van der Waals surface area contributed by atoms with Crippen molar-refractivity contribution in [3.05, 3.63) is 5.82 Å². The van der Waals surface area contributed by atoms with Crippen LogP contribution in [0.4, 0.5) is 0 Å². The number of hydrogen-bond donors (Lipinski definition) is 2. The predicted molar refractivity (Wildman–Crippen MR) is 50.6 cm³/mol. The molecule has 1 rings (SSSR count). The van der Waals surface area contributed by atoms with Gasteiger partial charge < -0.3 is 5.32 Å². The SMILES string of the molecule is CCCCC(C)NC(=O)c1nn[nH]n1. The average molecular weight is 197 g/mol. The van der Waals surface area contributed by atoms with Crippen molar-refractivity contribution in [3.63, 3.8) is 0 Å². The molecule has 0 aromatic carbocycles. The van der Waals surface area contributed by atoms with Crippen LogP contribution in [0, 0.1) is 0 Å². The molecule has 6 nitrogen and oxygen atoms in total. The van der Waals surface area contributed by atoms with Crippen LogP contribution in [-0.2, 0) is 0 Å². The van der Waals surface area contributed by atoms with E-state index in [1.54, 1.807) is 0 Å². The summed E-state index contributed by atoms with van der Waals surface area (Å²) in [6.07, 6.45) is 3.20. The minimum absolute atomic E-state index is 0.0911. The van der Waals surface area contributed by atoms with E-state index in [1.165, 1.54) is 0 Å². The molecule has 0 bridgehead atoms. The molecule has 6 heteroatoms. The van der Waals surface area contributed by atoms with Gasteiger partial charge in [0.25, 0.3) is 11.7 Å². The number of tetrazole rings is 1. The van der Waals surface area contributed by atoms with Crippen molar-refractivity contribution in [2.75, 3.05) is 0 Å². The zero-order chi connectivity index (χ0) is 10.4. The number of nitrogens with zero attached hydrogens (tertiary/aromatic N) is 3. The van der Waals surface area contributed by atoms with Gasteiger partial charge in [-0.15, -0.1) is 10.2 Å². The number of aromatic nitrogens is 4. The third-order valence-electron chi connectivity index (χ3n) is 1.92. The van der Waals surface area contributed by atoms with Gasteiger partial charge in [-0.1, -0.05) is 19.8 Å². The fourth-order valence-electron chi connectivity index (χ4n) is 1.13. The smallest absolute Gasteiger partial charge is 0.293 e. The fourth-order valence-corrected chi connectivity index (χ4v) is 1.13. The van der Waals surface area contributed by atoms with E-state index in [0.717, 1.165) is 19.3 Å². The second-order valence-corrected chi connectivity index (χ2v) is 3.25. The zero-order valence-corrected chi connectivity index (χ0v) is 8.45. The number of rotatable bonds is 5. The second-order valence-electron chi connectivity index (χ2n) is 3.25. The summed E-state index contributed by atoms with van der Waals surface area (Å²) >= 11 is 0. The molecule has 1 atom stereocenters. The van der Waals surface area contributed by atoms with Crippen LogP contribution in [0.25, 0.3) is 0 Å². The van der Waals surface area contributed by atoms with E-state index < -0.39 is 0 Å². The van der Waals surface area contributed by atoms with E-state index in [0.29, 0.717) is 0 Å². The summed E-state index contributed by atoms with van der Waals surface area (Å²) in [7, 11) is 0. The molecule has 0 aliphatic carbocycles. The lowest BCUT2D eigenvalue weighted by molar-refractivity contribution is 0.0927. The lowest BCUT2D eigenvalue weighted by Crippen LogP contribution is -2.33. The molecular formula is C8H15N5O. The third-order valence-corrected chi connectivity index (χ3v) is 1.92. The molecule has 0 spiro atoms. The van der Waals surface area contributed by atoms with Crippen LogP contribution in [-0.4, -0.2) is 32.6 Å². The highest BCUT2D eigenvalue weighted by molar-refractivity contribution is 5.90. The number of carbonyl (C=O) groups is 1. The van der Waals surface area contributed by atoms with Crippen molar-refractivity contribution in [1.29, 1.82) is 0 Å². The van der Waals surface area contributed by atoms with Gasteiger partial charge in [-0.3, -0.25) is 4.79 Å². The number of amides is 1. The first-order chi connectivity index (χ1) is 6.74. The van der Waals surface area contributed by atoms with Gasteiger partial charge in [0.2, 0.25) is 0 Å². The Hall–Kier alpha value is -1.46. The second kappa shape index (κ2) is 5.31. The molecule has 0 aliphatic rings. The lowest BCUT2D eigenvalue weighted by atomic mass is 10.1. The molecule has 1 aromatic rings. The van der Waals surface area contributed by atoms with Crippen LogP contribution in [0.5, 0.6) is 0 Å².